The van der Waals surface area contributed by atoms with Crippen LogP contribution in [0.5, 0.6) is 0 Å². The van der Waals surface area contributed by atoms with Crippen molar-refractivity contribution in [1.29, 1.82) is 0 Å². The van der Waals surface area contributed by atoms with E-state index in [-0.39, 0.29) is 0 Å². The highest BCUT2D eigenvalue weighted by molar-refractivity contribution is 5.75. The largest absolute Gasteiger partial charge is 0.212 e. The molecule has 2 heterocycles. The van der Waals surface area contributed by atoms with Gasteiger partial charge in [-0.05, 0) is 18.6 Å². The highest BCUT2D eigenvalue weighted by Crippen LogP contribution is 2.15. The summed E-state index contributed by atoms with van der Waals surface area (Å²) in [5, 5.41) is 1.36. The van der Waals surface area contributed by atoms with E-state index in [1.165, 1.54) is 42.4 Å². The molecule has 0 saturated heterocycles. The van der Waals surface area contributed by atoms with Crippen LogP contribution in [0, 0.1) is 0 Å². The minimum atomic E-state index is 1.19. The number of benzene rings is 1. The van der Waals surface area contributed by atoms with E-state index in [0.29, 0.717) is 0 Å². The maximum absolute atomic E-state index is 2.47. The van der Waals surface area contributed by atoms with E-state index in [1.54, 1.807) is 0 Å². The number of pyridine rings is 1. The van der Waals surface area contributed by atoms with Crippen LogP contribution < -0.4 is 4.57 Å². The molecular formula is C13H14N+. The fourth-order valence-corrected chi connectivity index (χ4v) is 2.36. The number of rotatable bonds is 0. The number of para-hydroxylation sites is 1. The molecule has 0 bridgehead atoms. The van der Waals surface area contributed by atoms with Crippen molar-refractivity contribution >= 4 is 10.9 Å². The summed E-state index contributed by atoms with van der Waals surface area (Å²) in [6.07, 6.45) is 3.91. The van der Waals surface area contributed by atoms with Crippen molar-refractivity contribution in [2.45, 2.75) is 25.8 Å². The molecule has 1 nitrogen and oxygen atoms in total. The molecule has 3 rings (SSSR count). The molecule has 1 aliphatic heterocycles. The molecule has 0 N–H and O–H groups in total. The van der Waals surface area contributed by atoms with Crippen molar-refractivity contribution in [3.05, 3.63) is 42.1 Å². The Morgan fingerprint density at radius 3 is 2.86 bits per heavy atom. The summed E-state index contributed by atoms with van der Waals surface area (Å²) >= 11 is 0. The highest BCUT2D eigenvalue weighted by atomic mass is 15.0. The molecular weight excluding hydrogens is 170 g/mol. The molecule has 0 radical (unpaired) electrons. The summed E-state index contributed by atoms with van der Waals surface area (Å²) in [7, 11) is 0. The Bertz CT molecular complexity index is 474. The van der Waals surface area contributed by atoms with Crippen molar-refractivity contribution in [3.63, 3.8) is 0 Å². The Kier molecular flexibility index (Phi) is 1.76. The van der Waals surface area contributed by atoms with Crippen LogP contribution in [0.4, 0.5) is 0 Å². The van der Waals surface area contributed by atoms with Gasteiger partial charge in [0.1, 0.15) is 6.54 Å². The normalized spacial score (nSPS) is 15.4. The van der Waals surface area contributed by atoms with Gasteiger partial charge in [0, 0.05) is 30.4 Å². The number of fused-ring (bicyclic) bond motifs is 3. The molecule has 1 heteroatoms. The average Bonchev–Trinajstić information content (AvgIpc) is 2.29. The van der Waals surface area contributed by atoms with E-state index in [2.05, 4.69) is 41.0 Å². The van der Waals surface area contributed by atoms with E-state index in [9.17, 15) is 0 Å². The average molecular weight is 184 g/mol. The third-order valence-electron chi connectivity index (χ3n) is 3.09. The van der Waals surface area contributed by atoms with Gasteiger partial charge in [-0.3, -0.25) is 0 Å². The minimum absolute atomic E-state index is 1.19. The van der Waals surface area contributed by atoms with Gasteiger partial charge in [0.15, 0.2) is 5.69 Å². The predicted molar refractivity (Wildman–Crippen MR) is 57.1 cm³/mol. The fraction of sp³-hybridized carbons (Fsp3) is 0.308. The zero-order valence-electron chi connectivity index (χ0n) is 8.24. The predicted octanol–water partition coefficient (Wildman–Crippen LogP) is 2.46. The molecule has 14 heavy (non-hydrogen) atoms. The Balaban J connectivity index is 2.34. The molecule has 1 aliphatic rings. The molecule has 2 aromatic rings. The zero-order valence-corrected chi connectivity index (χ0v) is 8.24. The molecule has 0 fully saturated rings. The third kappa shape index (κ3) is 1.12. The lowest BCUT2D eigenvalue weighted by molar-refractivity contribution is -0.684. The number of nitrogens with zero attached hydrogens (tertiary/aromatic N) is 1. The maximum atomic E-state index is 2.47. The van der Waals surface area contributed by atoms with Crippen LogP contribution in [0.3, 0.4) is 0 Å². The molecule has 70 valence electrons. The smallest absolute Gasteiger partial charge is 0.196 e. The van der Waals surface area contributed by atoms with Crippen LogP contribution in [-0.2, 0) is 13.0 Å². The van der Waals surface area contributed by atoms with Crippen molar-refractivity contribution < 1.29 is 4.57 Å². The van der Waals surface area contributed by atoms with Gasteiger partial charge in [0.05, 0.1) is 0 Å². The van der Waals surface area contributed by atoms with Gasteiger partial charge in [-0.2, -0.15) is 4.57 Å². The van der Waals surface area contributed by atoms with E-state index < -0.39 is 0 Å². The molecule has 0 aliphatic carbocycles. The van der Waals surface area contributed by atoms with Crippen molar-refractivity contribution in [2.24, 2.45) is 0 Å². The van der Waals surface area contributed by atoms with Gasteiger partial charge in [0.25, 0.3) is 0 Å². The van der Waals surface area contributed by atoms with Crippen LogP contribution in [0.25, 0.3) is 10.9 Å². The summed E-state index contributed by atoms with van der Waals surface area (Å²) in [4.78, 5) is 0. The summed E-state index contributed by atoms with van der Waals surface area (Å²) < 4.78 is 2.47. The molecule has 1 aromatic carbocycles. The SMILES string of the molecule is c1ccc2c(c1)ccc1[n+]2CCCC1. The van der Waals surface area contributed by atoms with E-state index in [0.717, 1.165) is 0 Å². The molecule has 0 saturated carbocycles. The Hall–Kier alpha value is -1.37. The summed E-state index contributed by atoms with van der Waals surface area (Å²) in [6, 6.07) is 13.2. The van der Waals surface area contributed by atoms with E-state index >= 15 is 0 Å². The monoisotopic (exact) mass is 184 g/mol. The lowest BCUT2D eigenvalue weighted by atomic mass is 10.1. The summed E-state index contributed by atoms with van der Waals surface area (Å²) in [5.41, 5.74) is 2.89. The quantitative estimate of drug-likeness (QED) is 0.554. The number of aromatic nitrogens is 1. The lowest BCUT2D eigenvalue weighted by Crippen LogP contribution is -2.41. The molecule has 0 amide bonds. The van der Waals surface area contributed by atoms with Crippen LogP contribution in [0.15, 0.2) is 36.4 Å². The van der Waals surface area contributed by atoms with Gasteiger partial charge in [-0.15, -0.1) is 0 Å². The van der Waals surface area contributed by atoms with Crippen molar-refractivity contribution in [2.75, 3.05) is 0 Å². The highest BCUT2D eigenvalue weighted by Gasteiger charge is 2.18. The first-order chi connectivity index (χ1) is 6.95. The molecule has 0 spiro atoms. The summed E-state index contributed by atoms with van der Waals surface area (Å²) in [5.74, 6) is 0. The minimum Gasteiger partial charge on any atom is -0.196 e. The Morgan fingerprint density at radius 1 is 0.929 bits per heavy atom. The topological polar surface area (TPSA) is 3.88 Å². The Labute approximate surface area is 84.0 Å². The molecule has 0 unspecified atom stereocenters. The molecule has 1 aromatic heterocycles. The fourth-order valence-electron chi connectivity index (χ4n) is 2.36. The zero-order chi connectivity index (χ0) is 9.38. The third-order valence-corrected chi connectivity index (χ3v) is 3.09. The van der Waals surface area contributed by atoms with Crippen molar-refractivity contribution in [3.8, 4) is 0 Å². The first-order valence-corrected chi connectivity index (χ1v) is 5.36. The second-order valence-electron chi connectivity index (χ2n) is 3.99. The van der Waals surface area contributed by atoms with Gasteiger partial charge in [-0.1, -0.05) is 12.1 Å². The lowest BCUT2D eigenvalue weighted by Gasteiger charge is -2.11. The van der Waals surface area contributed by atoms with Crippen LogP contribution >= 0.6 is 0 Å². The summed E-state index contributed by atoms with van der Waals surface area (Å²) in [6.45, 7) is 1.19. The van der Waals surface area contributed by atoms with E-state index in [4.69, 9.17) is 0 Å². The van der Waals surface area contributed by atoms with Gasteiger partial charge < -0.3 is 0 Å². The van der Waals surface area contributed by atoms with Crippen molar-refractivity contribution in [1.82, 2.24) is 0 Å². The Morgan fingerprint density at radius 2 is 1.86 bits per heavy atom. The number of aryl methyl sites for hydroxylation is 2. The van der Waals surface area contributed by atoms with Crippen LogP contribution in [0.2, 0.25) is 0 Å². The van der Waals surface area contributed by atoms with Crippen LogP contribution in [0.1, 0.15) is 18.5 Å². The van der Waals surface area contributed by atoms with Gasteiger partial charge in [0.2, 0.25) is 5.52 Å². The maximum Gasteiger partial charge on any atom is 0.212 e. The number of hydrogen-bond acceptors (Lipinski definition) is 0. The van der Waals surface area contributed by atoms with Gasteiger partial charge in [-0.25, -0.2) is 0 Å². The van der Waals surface area contributed by atoms with Gasteiger partial charge >= 0.3 is 0 Å². The molecule has 0 atom stereocenters. The second-order valence-corrected chi connectivity index (χ2v) is 3.99. The second kappa shape index (κ2) is 3.09. The number of hydrogen-bond donors (Lipinski definition) is 0. The first-order valence-electron chi connectivity index (χ1n) is 5.36. The standard InChI is InChI=1S/C13H14N/c1-2-7-13-11(5-1)8-9-12-6-3-4-10-14(12)13/h1-2,5,7-9H,3-4,6,10H2/q+1. The van der Waals surface area contributed by atoms with Crippen LogP contribution in [-0.4, -0.2) is 0 Å². The van der Waals surface area contributed by atoms with E-state index in [1.807, 2.05) is 0 Å². The first kappa shape index (κ1) is 7.98.